The lowest BCUT2D eigenvalue weighted by molar-refractivity contribution is 0.0956. The number of nitrogens with one attached hydrogen (secondary N) is 1. The van der Waals surface area contributed by atoms with E-state index in [0.717, 1.165) is 22.6 Å². The molecule has 106 valence electrons. The fourth-order valence-corrected chi connectivity index (χ4v) is 3.41. The summed E-state index contributed by atoms with van der Waals surface area (Å²) >= 11 is 1.61. The summed E-state index contributed by atoms with van der Waals surface area (Å²) in [7, 11) is 4.16. The number of carbonyl (C=O) groups excluding carboxylic acids is 1. The number of hydrogen-bond acceptors (Lipinski definition) is 4. The van der Waals surface area contributed by atoms with Crippen molar-refractivity contribution in [2.24, 2.45) is 0 Å². The van der Waals surface area contributed by atoms with Crippen LogP contribution in [0.3, 0.4) is 0 Å². The highest BCUT2D eigenvalue weighted by Crippen LogP contribution is 2.38. The van der Waals surface area contributed by atoms with E-state index in [0.29, 0.717) is 13.2 Å². The Kier molecular flexibility index (Phi) is 3.87. The summed E-state index contributed by atoms with van der Waals surface area (Å²) in [6.07, 6.45) is 0.917. The molecule has 19 heavy (non-hydrogen) atoms. The van der Waals surface area contributed by atoms with Crippen molar-refractivity contribution in [2.45, 2.75) is 32.7 Å². The Balaban J connectivity index is 2.34. The van der Waals surface area contributed by atoms with Crippen LogP contribution >= 0.6 is 11.3 Å². The first-order valence-corrected chi connectivity index (χ1v) is 7.35. The second-order valence-corrected chi connectivity index (χ2v) is 6.87. The molecule has 0 saturated heterocycles. The Hall–Kier alpha value is -1.07. The molecule has 0 atom stereocenters. The van der Waals surface area contributed by atoms with Crippen molar-refractivity contribution >= 4 is 17.2 Å². The number of fused-ring (bicyclic) bond motifs is 1. The van der Waals surface area contributed by atoms with Gasteiger partial charge in [0.2, 0.25) is 0 Å². The van der Waals surface area contributed by atoms with Crippen LogP contribution in [0.5, 0.6) is 5.06 Å². The molecule has 0 unspecified atom stereocenters. The zero-order valence-corrected chi connectivity index (χ0v) is 13.1. The summed E-state index contributed by atoms with van der Waals surface area (Å²) in [5, 5.41) is 3.65. The maximum Gasteiger partial charge on any atom is 0.256 e. The van der Waals surface area contributed by atoms with E-state index in [2.05, 4.69) is 38.2 Å². The van der Waals surface area contributed by atoms with E-state index in [1.165, 1.54) is 4.88 Å². The van der Waals surface area contributed by atoms with E-state index in [4.69, 9.17) is 4.74 Å². The van der Waals surface area contributed by atoms with E-state index in [-0.39, 0.29) is 11.4 Å². The number of nitrogens with zero attached hydrogens (tertiary/aromatic N) is 1. The molecule has 5 heteroatoms. The zero-order chi connectivity index (χ0) is 14.2. The molecule has 2 heterocycles. The highest BCUT2D eigenvalue weighted by molar-refractivity contribution is 7.14. The van der Waals surface area contributed by atoms with Crippen LogP contribution in [0.25, 0.3) is 0 Å². The van der Waals surface area contributed by atoms with Crippen LogP contribution in [0.15, 0.2) is 0 Å². The first-order chi connectivity index (χ1) is 8.83. The number of ether oxygens (including phenoxy) is 1. The molecular weight excluding hydrogens is 260 g/mol. The van der Waals surface area contributed by atoms with Gasteiger partial charge in [-0.2, -0.15) is 0 Å². The van der Waals surface area contributed by atoms with Gasteiger partial charge >= 0.3 is 0 Å². The Morgan fingerprint density at radius 2 is 2.11 bits per heavy atom. The molecule has 0 bridgehead atoms. The van der Waals surface area contributed by atoms with Gasteiger partial charge in [0.05, 0.1) is 12.1 Å². The fraction of sp³-hybridized carbons (Fsp3) is 0.643. The van der Waals surface area contributed by atoms with Gasteiger partial charge in [-0.3, -0.25) is 4.79 Å². The fourth-order valence-electron chi connectivity index (χ4n) is 2.01. The summed E-state index contributed by atoms with van der Waals surface area (Å²) in [5.41, 5.74) is 1.85. The molecule has 0 spiro atoms. The van der Waals surface area contributed by atoms with Crippen LogP contribution in [-0.4, -0.2) is 43.6 Å². The smallest absolute Gasteiger partial charge is 0.256 e. The first-order valence-electron chi connectivity index (χ1n) is 6.53. The third kappa shape index (κ3) is 2.77. The van der Waals surface area contributed by atoms with Crippen molar-refractivity contribution in [3.05, 3.63) is 16.0 Å². The molecule has 1 aliphatic rings. The van der Waals surface area contributed by atoms with Crippen LogP contribution in [0.1, 0.15) is 34.6 Å². The van der Waals surface area contributed by atoms with Gasteiger partial charge in [0.25, 0.3) is 5.91 Å². The molecular formula is C14H22N2O2S. The maximum atomic E-state index is 12.0. The van der Waals surface area contributed by atoms with Gasteiger partial charge in [0.1, 0.15) is 6.61 Å². The van der Waals surface area contributed by atoms with Gasteiger partial charge in [0.15, 0.2) is 5.06 Å². The third-order valence-electron chi connectivity index (χ3n) is 3.86. The van der Waals surface area contributed by atoms with Crippen molar-refractivity contribution in [3.63, 3.8) is 0 Å². The van der Waals surface area contributed by atoms with Gasteiger partial charge < -0.3 is 15.0 Å². The molecule has 0 saturated carbocycles. The molecule has 0 fully saturated rings. The van der Waals surface area contributed by atoms with Crippen molar-refractivity contribution < 1.29 is 9.53 Å². The molecule has 1 aromatic heterocycles. The number of hydrogen-bond donors (Lipinski definition) is 1. The van der Waals surface area contributed by atoms with Gasteiger partial charge in [-0.25, -0.2) is 0 Å². The van der Waals surface area contributed by atoms with E-state index < -0.39 is 0 Å². The predicted octanol–water partition coefficient (Wildman–Crippen LogP) is 2.06. The summed E-state index contributed by atoms with van der Waals surface area (Å²) in [5.74, 6) is -0.00448. The molecule has 2 rings (SSSR count). The molecule has 0 aromatic carbocycles. The Bertz CT molecular complexity index is 492. The van der Waals surface area contributed by atoms with Crippen LogP contribution in [0.4, 0.5) is 0 Å². The van der Waals surface area contributed by atoms with E-state index in [1.54, 1.807) is 11.3 Å². The lowest BCUT2D eigenvalue weighted by Gasteiger charge is -2.32. The third-order valence-corrected chi connectivity index (χ3v) is 5.07. The first kappa shape index (κ1) is 14.3. The number of thiophene rings is 1. The largest absolute Gasteiger partial charge is 0.481 e. The van der Waals surface area contributed by atoms with Crippen LogP contribution < -0.4 is 10.1 Å². The lowest BCUT2D eigenvalue weighted by atomic mass is 9.96. The molecule has 4 nitrogen and oxygen atoms in total. The van der Waals surface area contributed by atoms with Crippen molar-refractivity contribution in [1.29, 1.82) is 0 Å². The van der Waals surface area contributed by atoms with Gasteiger partial charge in [-0.1, -0.05) is 0 Å². The average molecular weight is 282 g/mol. The highest BCUT2D eigenvalue weighted by Gasteiger charge is 2.28. The minimum atomic E-state index is -0.00448. The summed E-state index contributed by atoms with van der Waals surface area (Å²) in [6.45, 7) is 7.56. The Labute approximate surface area is 118 Å². The average Bonchev–Trinajstić information content (AvgIpc) is 2.50. The van der Waals surface area contributed by atoms with E-state index in [9.17, 15) is 4.79 Å². The zero-order valence-electron chi connectivity index (χ0n) is 12.3. The van der Waals surface area contributed by atoms with Crippen molar-refractivity contribution in [2.75, 3.05) is 27.2 Å². The molecule has 0 radical (unpaired) electrons. The second-order valence-electron chi connectivity index (χ2n) is 5.80. The molecule has 1 amide bonds. The Morgan fingerprint density at radius 3 is 2.74 bits per heavy atom. The van der Waals surface area contributed by atoms with Crippen LogP contribution in [-0.2, 0) is 6.42 Å². The molecule has 1 N–H and O–H groups in total. The van der Waals surface area contributed by atoms with Gasteiger partial charge in [-0.15, -0.1) is 11.3 Å². The minimum Gasteiger partial charge on any atom is -0.481 e. The topological polar surface area (TPSA) is 41.6 Å². The normalized spacial score (nSPS) is 15.8. The Morgan fingerprint density at radius 1 is 1.42 bits per heavy atom. The number of likely N-dealkylation sites (N-methyl/N-ethyl adjacent to an activating group) is 1. The minimum absolute atomic E-state index is 0.00448. The second kappa shape index (κ2) is 5.13. The highest BCUT2D eigenvalue weighted by atomic mass is 32.1. The summed E-state index contributed by atoms with van der Waals surface area (Å²) in [6, 6.07) is 0. The lowest BCUT2D eigenvalue weighted by Crippen LogP contribution is -2.40. The van der Waals surface area contributed by atoms with Gasteiger partial charge in [-0.05, 0) is 40.4 Å². The van der Waals surface area contributed by atoms with Crippen LogP contribution in [0, 0.1) is 6.92 Å². The SMILES string of the molecule is Cc1c(CC(C)(C)N(C)C)sc2c1C(=O)NCCO2. The van der Waals surface area contributed by atoms with Gasteiger partial charge in [0, 0.05) is 16.8 Å². The monoisotopic (exact) mass is 282 g/mol. The standard InChI is InChI=1S/C14H22N2O2S/c1-9-10(8-14(2,3)16(4)5)19-13-11(9)12(17)15-6-7-18-13/h6-8H2,1-5H3,(H,15,17). The summed E-state index contributed by atoms with van der Waals surface area (Å²) in [4.78, 5) is 15.5. The molecule has 1 aromatic rings. The number of carbonyl (C=O) groups is 1. The van der Waals surface area contributed by atoms with Crippen molar-refractivity contribution in [1.82, 2.24) is 10.2 Å². The number of rotatable bonds is 3. The van der Waals surface area contributed by atoms with Crippen LogP contribution in [0.2, 0.25) is 0 Å². The van der Waals surface area contributed by atoms with E-state index >= 15 is 0 Å². The van der Waals surface area contributed by atoms with E-state index in [1.807, 2.05) is 6.92 Å². The van der Waals surface area contributed by atoms with Crippen molar-refractivity contribution in [3.8, 4) is 5.06 Å². The molecule has 0 aliphatic carbocycles. The summed E-state index contributed by atoms with van der Waals surface area (Å²) < 4.78 is 5.68. The number of amides is 1. The maximum absolute atomic E-state index is 12.0. The molecule has 1 aliphatic heterocycles. The quantitative estimate of drug-likeness (QED) is 0.922. The predicted molar refractivity (Wildman–Crippen MR) is 78.4 cm³/mol.